The van der Waals surface area contributed by atoms with Crippen LogP contribution in [0, 0.1) is 0 Å². The minimum absolute atomic E-state index is 0.0582. The van der Waals surface area contributed by atoms with Gasteiger partial charge in [0.1, 0.15) is 5.52 Å². The molecule has 60 valence electrons. The van der Waals surface area contributed by atoms with E-state index in [4.69, 9.17) is 10.2 Å². The van der Waals surface area contributed by atoms with E-state index >= 15 is 0 Å². The van der Waals surface area contributed by atoms with Gasteiger partial charge in [-0.05, 0) is 12.1 Å². The monoisotopic (exact) mass is 162 g/mol. The van der Waals surface area contributed by atoms with E-state index in [1.807, 2.05) is 0 Å². The van der Waals surface area contributed by atoms with Gasteiger partial charge in [-0.2, -0.15) is 0 Å². The van der Waals surface area contributed by atoms with E-state index in [1.54, 1.807) is 18.2 Å². The molecule has 0 radical (unpaired) electrons. The van der Waals surface area contributed by atoms with Gasteiger partial charge in [-0.1, -0.05) is 6.07 Å². The van der Waals surface area contributed by atoms with Gasteiger partial charge in [0.05, 0.1) is 5.69 Å². The van der Waals surface area contributed by atoms with Gasteiger partial charge in [-0.15, -0.1) is 0 Å². The number of aldehydes is 1. The highest BCUT2D eigenvalue weighted by atomic mass is 16.4. The predicted octanol–water partition coefficient (Wildman–Crippen LogP) is 1.22. The van der Waals surface area contributed by atoms with Crippen molar-refractivity contribution in [1.82, 2.24) is 4.98 Å². The largest absolute Gasteiger partial charge is 0.434 e. The quantitative estimate of drug-likeness (QED) is 0.505. The molecule has 12 heavy (non-hydrogen) atoms. The molecule has 0 amide bonds. The first-order chi connectivity index (χ1) is 5.81. The maximum absolute atomic E-state index is 10.3. The molecular weight excluding hydrogens is 156 g/mol. The molecule has 0 fully saturated rings. The molecule has 0 aliphatic rings. The molecule has 1 aromatic heterocycles. The average molecular weight is 162 g/mol. The summed E-state index contributed by atoms with van der Waals surface area (Å²) in [6.45, 7) is 0. The summed E-state index contributed by atoms with van der Waals surface area (Å²) in [5, 5.41) is 0. The maximum Gasteiger partial charge on any atom is 0.260 e. The van der Waals surface area contributed by atoms with Crippen molar-refractivity contribution < 1.29 is 9.21 Å². The first-order valence-electron chi connectivity index (χ1n) is 3.41. The molecule has 0 atom stereocenters. The molecule has 0 aliphatic carbocycles. The summed E-state index contributed by atoms with van der Waals surface area (Å²) in [5.74, 6) is 0.0582. The number of benzene rings is 1. The standard InChI is InChI=1S/C8H6N2O2/c9-5-2-1-3-6-8(5)10-7(4-11)12-6/h1-4H,9H2. The Hall–Kier alpha value is -1.84. The minimum atomic E-state index is 0.0582. The van der Waals surface area contributed by atoms with Crippen molar-refractivity contribution in [2.24, 2.45) is 0 Å². The van der Waals surface area contributed by atoms with Gasteiger partial charge in [0.2, 0.25) is 6.29 Å². The van der Waals surface area contributed by atoms with Gasteiger partial charge in [0, 0.05) is 0 Å². The van der Waals surface area contributed by atoms with Crippen LogP contribution in [-0.2, 0) is 0 Å². The van der Waals surface area contributed by atoms with Crippen LogP contribution in [0.5, 0.6) is 0 Å². The molecule has 1 heterocycles. The SMILES string of the molecule is Nc1cccc2oc(C=O)nc12. The second-order valence-electron chi connectivity index (χ2n) is 2.36. The number of aromatic nitrogens is 1. The van der Waals surface area contributed by atoms with Crippen molar-refractivity contribution >= 4 is 23.1 Å². The minimum Gasteiger partial charge on any atom is -0.434 e. The van der Waals surface area contributed by atoms with Crippen molar-refractivity contribution in [1.29, 1.82) is 0 Å². The van der Waals surface area contributed by atoms with Gasteiger partial charge in [0.15, 0.2) is 5.58 Å². The number of carbonyl (C=O) groups is 1. The summed E-state index contributed by atoms with van der Waals surface area (Å²) in [7, 11) is 0. The van der Waals surface area contributed by atoms with Crippen molar-refractivity contribution in [2.45, 2.75) is 0 Å². The number of oxazole rings is 1. The lowest BCUT2D eigenvalue weighted by Crippen LogP contribution is -1.85. The Labute approximate surface area is 68.0 Å². The van der Waals surface area contributed by atoms with Gasteiger partial charge >= 0.3 is 0 Å². The summed E-state index contributed by atoms with van der Waals surface area (Å²) < 4.78 is 5.04. The first kappa shape index (κ1) is 6.84. The maximum atomic E-state index is 10.3. The number of hydrogen-bond acceptors (Lipinski definition) is 4. The smallest absolute Gasteiger partial charge is 0.260 e. The molecule has 0 aliphatic heterocycles. The Morgan fingerprint density at radius 2 is 2.33 bits per heavy atom. The predicted molar refractivity (Wildman–Crippen MR) is 43.8 cm³/mol. The van der Waals surface area contributed by atoms with E-state index in [1.165, 1.54) is 0 Å². The van der Waals surface area contributed by atoms with Crippen LogP contribution in [0.25, 0.3) is 11.1 Å². The van der Waals surface area contributed by atoms with E-state index in [-0.39, 0.29) is 5.89 Å². The van der Waals surface area contributed by atoms with Gasteiger partial charge in [0.25, 0.3) is 5.89 Å². The number of anilines is 1. The zero-order chi connectivity index (χ0) is 8.55. The third-order valence-corrected chi connectivity index (χ3v) is 1.57. The molecule has 2 rings (SSSR count). The Morgan fingerprint density at radius 3 is 3.00 bits per heavy atom. The van der Waals surface area contributed by atoms with E-state index < -0.39 is 0 Å². The number of carbonyl (C=O) groups excluding carboxylic acids is 1. The highest BCUT2D eigenvalue weighted by molar-refractivity contribution is 5.87. The van der Waals surface area contributed by atoms with Crippen molar-refractivity contribution in [2.75, 3.05) is 5.73 Å². The van der Waals surface area contributed by atoms with Crippen LogP contribution in [0.4, 0.5) is 5.69 Å². The van der Waals surface area contributed by atoms with Crippen LogP contribution in [-0.4, -0.2) is 11.3 Å². The Bertz CT molecular complexity index is 434. The summed E-state index contributed by atoms with van der Waals surface area (Å²) in [6.07, 6.45) is 0.555. The summed E-state index contributed by atoms with van der Waals surface area (Å²) in [5.41, 5.74) is 7.18. The van der Waals surface area contributed by atoms with Gasteiger partial charge < -0.3 is 10.2 Å². The molecule has 2 N–H and O–H groups in total. The lowest BCUT2D eigenvalue weighted by atomic mass is 10.3. The van der Waals surface area contributed by atoms with Crippen LogP contribution in [0.2, 0.25) is 0 Å². The fourth-order valence-corrected chi connectivity index (χ4v) is 1.04. The molecule has 0 saturated carbocycles. The average Bonchev–Trinajstić information content (AvgIpc) is 2.49. The number of nitrogens with zero attached hydrogens (tertiary/aromatic N) is 1. The zero-order valence-corrected chi connectivity index (χ0v) is 6.15. The highest BCUT2D eigenvalue weighted by Crippen LogP contribution is 2.19. The van der Waals surface area contributed by atoms with Gasteiger partial charge in [-0.3, -0.25) is 4.79 Å². The number of fused-ring (bicyclic) bond motifs is 1. The Balaban J connectivity index is 2.82. The lowest BCUT2D eigenvalue weighted by molar-refractivity contribution is 0.109. The van der Waals surface area contributed by atoms with Crippen molar-refractivity contribution in [3.05, 3.63) is 24.1 Å². The van der Waals surface area contributed by atoms with Crippen LogP contribution >= 0.6 is 0 Å². The number of hydrogen-bond donors (Lipinski definition) is 1. The molecule has 0 spiro atoms. The van der Waals surface area contributed by atoms with Crippen LogP contribution < -0.4 is 5.73 Å². The lowest BCUT2D eigenvalue weighted by Gasteiger charge is -1.89. The molecule has 4 heteroatoms. The molecule has 0 saturated heterocycles. The third kappa shape index (κ3) is 0.852. The topological polar surface area (TPSA) is 69.1 Å². The highest BCUT2D eigenvalue weighted by Gasteiger charge is 2.05. The van der Waals surface area contributed by atoms with E-state index in [9.17, 15) is 4.79 Å². The molecular formula is C8H6N2O2. The summed E-state index contributed by atoms with van der Waals surface area (Å²) >= 11 is 0. The number of nitrogen functional groups attached to an aromatic ring is 1. The zero-order valence-electron chi connectivity index (χ0n) is 6.15. The molecule has 2 aromatic rings. The van der Waals surface area contributed by atoms with Crippen LogP contribution in [0.3, 0.4) is 0 Å². The molecule has 4 nitrogen and oxygen atoms in total. The Kier molecular flexibility index (Phi) is 1.33. The number of para-hydroxylation sites is 1. The van der Waals surface area contributed by atoms with E-state index in [2.05, 4.69) is 4.98 Å². The van der Waals surface area contributed by atoms with Crippen molar-refractivity contribution in [3.63, 3.8) is 0 Å². The summed E-state index contributed by atoms with van der Waals surface area (Å²) in [6, 6.07) is 5.17. The third-order valence-electron chi connectivity index (χ3n) is 1.57. The van der Waals surface area contributed by atoms with Crippen LogP contribution in [0.1, 0.15) is 10.7 Å². The van der Waals surface area contributed by atoms with Crippen LogP contribution in [0.15, 0.2) is 22.6 Å². The number of rotatable bonds is 1. The fourth-order valence-electron chi connectivity index (χ4n) is 1.04. The van der Waals surface area contributed by atoms with Crippen molar-refractivity contribution in [3.8, 4) is 0 Å². The van der Waals surface area contributed by atoms with E-state index in [0.717, 1.165) is 0 Å². The molecule has 0 unspecified atom stereocenters. The molecule has 1 aromatic carbocycles. The second-order valence-corrected chi connectivity index (χ2v) is 2.36. The second kappa shape index (κ2) is 2.34. The fraction of sp³-hybridized carbons (Fsp3) is 0. The number of nitrogens with two attached hydrogens (primary N) is 1. The summed E-state index contributed by atoms with van der Waals surface area (Å²) in [4.78, 5) is 14.2. The molecule has 0 bridgehead atoms. The first-order valence-corrected chi connectivity index (χ1v) is 3.41. The Morgan fingerprint density at radius 1 is 1.50 bits per heavy atom. The van der Waals surface area contributed by atoms with Gasteiger partial charge in [-0.25, -0.2) is 4.98 Å². The van der Waals surface area contributed by atoms with E-state index in [0.29, 0.717) is 23.1 Å². The normalized spacial score (nSPS) is 10.3.